The molecule has 0 aliphatic heterocycles. The van der Waals surface area contributed by atoms with Gasteiger partial charge in [-0.15, -0.1) is 0 Å². The molecule has 8 nitrogen and oxygen atoms in total. The maximum absolute atomic E-state index is 13.8. The van der Waals surface area contributed by atoms with Crippen LogP contribution in [0.2, 0.25) is 0 Å². The highest BCUT2D eigenvalue weighted by Gasteiger charge is 2.17. The molecule has 252 valence electrons. The maximum atomic E-state index is 13.8. The molecule has 0 unspecified atom stereocenters. The zero-order valence-corrected chi connectivity index (χ0v) is 27.2. The van der Waals surface area contributed by atoms with Crippen LogP contribution in [0.5, 0.6) is 0 Å². The van der Waals surface area contributed by atoms with Crippen LogP contribution in [0.3, 0.4) is 0 Å². The normalized spacial score (nSPS) is 11.2. The van der Waals surface area contributed by atoms with E-state index in [2.05, 4.69) is 22.0 Å². The van der Waals surface area contributed by atoms with Crippen LogP contribution < -0.4 is 5.32 Å². The lowest BCUT2D eigenvalue weighted by molar-refractivity contribution is -0.385. The monoisotopic (exact) mass is 688 g/mol. The molecule has 1 aromatic heterocycles. The largest absolute Gasteiger partial charge is 0.355 e. The van der Waals surface area contributed by atoms with Crippen molar-refractivity contribution in [1.29, 1.82) is 0 Å². The molecule has 0 radical (unpaired) electrons. The van der Waals surface area contributed by atoms with Gasteiger partial charge in [0, 0.05) is 57.7 Å². The minimum atomic E-state index is -0.477. The summed E-state index contributed by atoms with van der Waals surface area (Å²) in [6, 6.07) is 43.1. The van der Waals surface area contributed by atoms with Crippen molar-refractivity contribution >= 4 is 44.6 Å². The van der Waals surface area contributed by atoms with Crippen LogP contribution in [-0.4, -0.2) is 14.4 Å². The van der Waals surface area contributed by atoms with Crippen LogP contribution in [0, 0.1) is 31.9 Å². The summed E-state index contributed by atoms with van der Waals surface area (Å²) in [5.41, 5.74) is 8.65. The summed E-state index contributed by atoms with van der Waals surface area (Å²) in [5, 5.41) is 28.1. The topological polar surface area (TPSA) is 103 Å². The predicted octanol–water partition coefficient (Wildman–Crippen LogP) is 11.6. The third kappa shape index (κ3) is 5.98. The summed E-state index contributed by atoms with van der Waals surface area (Å²) >= 11 is 0. The van der Waals surface area contributed by atoms with Crippen LogP contribution in [0.25, 0.3) is 60.9 Å². The Bertz CT molecular complexity index is 2550. The number of rotatable bonds is 8. The number of fused-ring (bicyclic) bond motifs is 3. The number of nitrogens with one attached hydrogen (secondary N) is 1. The second kappa shape index (κ2) is 12.9. The van der Waals surface area contributed by atoms with Gasteiger partial charge in [0.1, 0.15) is 11.6 Å². The van der Waals surface area contributed by atoms with Crippen molar-refractivity contribution in [3.63, 3.8) is 0 Å². The summed E-state index contributed by atoms with van der Waals surface area (Å²) in [4.78, 5) is 22.0. The highest BCUT2D eigenvalue weighted by Crippen LogP contribution is 2.39. The van der Waals surface area contributed by atoms with Gasteiger partial charge >= 0.3 is 0 Å². The van der Waals surface area contributed by atoms with Crippen LogP contribution in [-0.2, 0) is 0 Å². The van der Waals surface area contributed by atoms with Crippen molar-refractivity contribution in [3.8, 4) is 39.1 Å². The number of anilines is 2. The van der Waals surface area contributed by atoms with Crippen LogP contribution in [0.15, 0.2) is 152 Å². The Labute approximate surface area is 295 Å². The predicted molar refractivity (Wildman–Crippen MR) is 200 cm³/mol. The molecule has 0 fully saturated rings. The number of hydrogen-bond acceptors (Lipinski definition) is 5. The van der Waals surface area contributed by atoms with E-state index in [9.17, 15) is 29.0 Å². The van der Waals surface area contributed by atoms with E-state index in [0.717, 1.165) is 55.3 Å². The number of nitro groups is 2. The van der Waals surface area contributed by atoms with E-state index in [0.29, 0.717) is 16.9 Å². The van der Waals surface area contributed by atoms with Gasteiger partial charge in [-0.3, -0.25) is 20.2 Å². The third-order valence-corrected chi connectivity index (χ3v) is 9.13. The van der Waals surface area contributed by atoms with E-state index in [1.807, 2.05) is 48.5 Å². The number of benzene rings is 7. The summed E-state index contributed by atoms with van der Waals surface area (Å²) in [6.45, 7) is 0. The van der Waals surface area contributed by atoms with Gasteiger partial charge in [0.15, 0.2) is 0 Å². The van der Waals surface area contributed by atoms with Gasteiger partial charge in [-0.25, -0.2) is 8.78 Å². The van der Waals surface area contributed by atoms with Gasteiger partial charge < -0.3 is 9.88 Å². The second-order valence-corrected chi connectivity index (χ2v) is 12.3. The van der Waals surface area contributed by atoms with Crippen molar-refractivity contribution in [1.82, 2.24) is 4.57 Å². The Balaban J connectivity index is 1.24. The van der Waals surface area contributed by atoms with Crippen molar-refractivity contribution in [2.24, 2.45) is 0 Å². The highest BCUT2D eigenvalue weighted by atomic mass is 19.1. The molecule has 52 heavy (non-hydrogen) atoms. The average molecular weight is 689 g/mol. The molecule has 1 N–H and O–H groups in total. The Morgan fingerprint density at radius 2 is 0.942 bits per heavy atom. The molecule has 0 aliphatic rings. The minimum Gasteiger partial charge on any atom is -0.355 e. The average Bonchev–Trinajstić information content (AvgIpc) is 3.49. The fourth-order valence-corrected chi connectivity index (χ4v) is 6.55. The summed E-state index contributed by atoms with van der Waals surface area (Å²) in [7, 11) is 0. The number of non-ortho nitro benzene ring substituents is 2. The van der Waals surface area contributed by atoms with E-state index in [1.54, 1.807) is 42.5 Å². The van der Waals surface area contributed by atoms with E-state index >= 15 is 0 Å². The van der Waals surface area contributed by atoms with Gasteiger partial charge in [-0.05, 0) is 107 Å². The van der Waals surface area contributed by atoms with E-state index in [4.69, 9.17) is 0 Å². The molecule has 0 amide bonds. The zero-order chi connectivity index (χ0) is 35.9. The van der Waals surface area contributed by atoms with Crippen molar-refractivity contribution in [3.05, 3.63) is 184 Å². The Morgan fingerprint density at radius 3 is 1.44 bits per heavy atom. The fourth-order valence-electron chi connectivity index (χ4n) is 6.55. The quantitative estimate of drug-likeness (QED) is 0.126. The Kier molecular flexibility index (Phi) is 7.96. The molecule has 0 spiro atoms. The van der Waals surface area contributed by atoms with Crippen LogP contribution in [0.1, 0.15) is 0 Å². The fraction of sp³-hybridized carbons (Fsp3) is 0. The Hall–Kier alpha value is -7.20. The standard InChI is InChI=1S/C42H26F2N4O4/c43-31-9-1-26(2-10-31)29-7-21-41-38(23-29)39-24-30(27-3-11-32(44)12-4-27)8-22-42(39)46(41)34-15-5-28(6-16-34)37-25-36(48(51)52)19-20-40(37)45-33-13-17-35(18-14-33)47(49)50/h1-25,45H. The molecule has 8 rings (SSSR count). The molecule has 0 atom stereocenters. The molecule has 8 aromatic rings. The van der Waals surface area contributed by atoms with Crippen LogP contribution in [0.4, 0.5) is 31.5 Å². The first-order valence-corrected chi connectivity index (χ1v) is 16.2. The maximum Gasteiger partial charge on any atom is 0.270 e. The molecule has 0 bridgehead atoms. The summed E-state index contributed by atoms with van der Waals surface area (Å²) in [5.74, 6) is -0.624. The lowest BCUT2D eigenvalue weighted by Gasteiger charge is -2.14. The van der Waals surface area contributed by atoms with Gasteiger partial charge in [0.05, 0.1) is 20.9 Å². The number of hydrogen-bond donors (Lipinski definition) is 1. The first kappa shape index (κ1) is 32.0. The van der Waals surface area contributed by atoms with Gasteiger partial charge in [0.25, 0.3) is 11.4 Å². The SMILES string of the molecule is O=[N+]([O-])c1ccc(Nc2ccc([N+](=O)[O-])cc2-c2ccc(-n3c4ccc(-c5ccc(F)cc5)cc4c4cc(-c5ccc(F)cc5)ccc43)cc2)cc1. The number of nitrogens with zero attached hydrogens (tertiary/aromatic N) is 3. The zero-order valence-electron chi connectivity index (χ0n) is 27.2. The van der Waals surface area contributed by atoms with Crippen molar-refractivity contribution in [2.75, 3.05) is 5.32 Å². The Morgan fingerprint density at radius 1 is 0.481 bits per heavy atom. The van der Waals surface area contributed by atoms with Gasteiger partial charge in [-0.1, -0.05) is 48.5 Å². The van der Waals surface area contributed by atoms with Gasteiger partial charge in [0.2, 0.25) is 0 Å². The molecule has 0 saturated carbocycles. The molecule has 0 aliphatic carbocycles. The number of halogens is 2. The first-order valence-electron chi connectivity index (χ1n) is 16.2. The second-order valence-electron chi connectivity index (χ2n) is 12.3. The number of aromatic nitrogens is 1. The lowest BCUT2D eigenvalue weighted by atomic mass is 10.0. The van der Waals surface area contributed by atoms with Crippen LogP contribution >= 0.6 is 0 Å². The van der Waals surface area contributed by atoms with E-state index in [-0.39, 0.29) is 23.0 Å². The molecule has 7 aromatic carbocycles. The molecule has 10 heteroatoms. The van der Waals surface area contributed by atoms with E-state index < -0.39 is 9.85 Å². The number of nitro benzene ring substituents is 2. The lowest BCUT2D eigenvalue weighted by Crippen LogP contribution is -1.97. The summed E-state index contributed by atoms with van der Waals surface area (Å²) in [6.07, 6.45) is 0. The molecule has 1 heterocycles. The van der Waals surface area contributed by atoms with Crippen molar-refractivity contribution in [2.45, 2.75) is 0 Å². The molecule has 0 saturated heterocycles. The minimum absolute atomic E-state index is 0.0477. The first-order chi connectivity index (χ1) is 25.2. The van der Waals surface area contributed by atoms with E-state index in [1.165, 1.54) is 48.5 Å². The summed E-state index contributed by atoms with van der Waals surface area (Å²) < 4.78 is 29.6. The third-order valence-electron chi connectivity index (χ3n) is 9.13. The van der Waals surface area contributed by atoms with Crippen molar-refractivity contribution < 1.29 is 18.6 Å². The smallest absolute Gasteiger partial charge is 0.270 e. The molecular formula is C42H26F2N4O4. The highest BCUT2D eigenvalue weighted by molar-refractivity contribution is 6.11. The van der Waals surface area contributed by atoms with Gasteiger partial charge in [-0.2, -0.15) is 0 Å². The molecular weight excluding hydrogens is 662 g/mol.